The molecule has 0 fully saturated rings. The van der Waals surface area contributed by atoms with Gasteiger partial charge in [0, 0.05) is 16.8 Å². The van der Waals surface area contributed by atoms with E-state index in [4.69, 9.17) is 11.6 Å². The number of aryl methyl sites for hydroxylation is 2. The minimum atomic E-state index is -0.0658. The van der Waals surface area contributed by atoms with Crippen molar-refractivity contribution < 1.29 is 4.79 Å². The summed E-state index contributed by atoms with van der Waals surface area (Å²) in [4.78, 5) is 12.0. The third-order valence-corrected chi connectivity index (χ3v) is 3.79. The quantitative estimate of drug-likeness (QED) is 0.866. The summed E-state index contributed by atoms with van der Waals surface area (Å²) < 4.78 is 0. The van der Waals surface area contributed by atoms with Gasteiger partial charge in [0.1, 0.15) is 0 Å². The van der Waals surface area contributed by atoms with Crippen molar-refractivity contribution in [2.75, 3.05) is 11.9 Å². The number of halogens is 1. The average Bonchev–Trinajstić information content (AvgIpc) is 2.44. The average molecular weight is 317 g/mol. The highest BCUT2D eigenvalue weighted by Crippen LogP contribution is 2.21. The van der Waals surface area contributed by atoms with Crippen LogP contribution in [0.15, 0.2) is 42.5 Å². The summed E-state index contributed by atoms with van der Waals surface area (Å²) in [6.45, 7) is 6.26. The van der Waals surface area contributed by atoms with Crippen molar-refractivity contribution in [1.82, 2.24) is 5.32 Å². The molecule has 0 heterocycles. The summed E-state index contributed by atoms with van der Waals surface area (Å²) in [6, 6.07) is 13.7. The van der Waals surface area contributed by atoms with Crippen molar-refractivity contribution in [1.29, 1.82) is 0 Å². The molecule has 116 valence electrons. The van der Waals surface area contributed by atoms with Gasteiger partial charge in [0.2, 0.25) is 5.91 Å². The zero-order valence-electron chi connectivity index (χ0n) is 13.1. The predicted molar refractivity (Wildman–Crippen MR) is 92.4 cm³/mol. The Balaban J connectivity index is 1.91. The second-order valence-corrected chi connectivity index (χ2v) is 5.96. The van der Waals surface area contributed by atoms with Gasteiger partial charge >= 0.3 is 0 Å². The van der Waals surface area contributed by atoms with E-state index < -0.39 is 0 Å². The van der Waals surface area contributed by atoms with Crippen LogP contribution in [0, 0.1) is 13.8 Å². The maximum atomic E-state index is 12.0. The van der Waals surface area contributed by atoms with Crippen molar-refractivity contribution in [3.05, 3.63) is 64.2 Å². The number of carbonyl (C=O) groups excluding carboxylic acids is 1. The largest absolute Gasteiger partial charge is 0.325 e. The Hall–Kier alpha value is -1.84. The molecule has 2 aromatic rings. The summed E-state index contributed by atoms with van der Waals surface area (Å²) in [5, 5.41) is 6.81. The summed E-state index contributed by atoms with van der Waals surface area (Å²) in [6.07, 6.45) is 0. The van der Waals surface area contributed by atoms with E-state index in [1.54, 1.807) is 0 Å². The van der Waals surface area contributed by atoms with Gasteiger partial charge in [0.05, 0.1) is 6.54 Å². The van der Waals surface area contributed by atoms with E-state index in [2.05, 4.69) is 16.7 Å². The Morgan fingerprint density at radius 3 is 2.41 bits per heavy atom. The molecule has 0 aliphatic heterocycles. The molecular weight excluding hydrogens is 296 g/mol. The molecule has 4 heteroatoms. The molecule has 2 N–H and O–H groups in total. The van der Waals surface area contributed by atoms with Crippen molar-refractivity contribution in [2.24, 2.45) is 0 Å². The van der Waals surface area contributed by atoms with Gasteiger partial charge < -0.3 is 10.6 Å². The molecule has 0 unspecified atom stereocenters. The van der Waals surface area contributed by atoms with Crippen molar-refractivity contribution in [3.8, 4) is 0 Å². The van der Waals surface area contributed by atoms with Gasteiger partial charge in [-0.15, -0.1) is 0 Å². The van der Waals surface area contributed by atoms with Gasteiger partial charge in [-0.05, 0) is 55.7 Å². The van der Waals surface area contributed by atoms with Gasteiger partial charge in [-0.2, -0.15) is 0 Å². The number of nitrogens with one attached hydrogen (secondary N) is 2. The van der Waals surface area contributed by atoms with Gasteiger partial charge in [-0.25, -0.2) is 0 Å². The van der Waals surface area contributed by atoms with E-state index in [-0.39, 0.29) is 18.5 Å². The Kier molecular flexibility index (Phi) is 5.58. The van der Waals surface area contributed by atoms with E-state index >= 15 is 0 Å². The number of amides is 1. The second kappa shape index (κ2) is 7.43. The van der Waals surface area contributed by atoms with Crippen LogP contribution in [0.4, 0.5) is 5.69 Å². The zero-order valence-corrected chi connectivity index (χ0v) is 13.9. The minimum Gasteiger partial charge on any atom is -0.325 e. The molecule has 22 heavy (non-hydrogen) atoms. The van der Waals surface area contributed by atoms with Crippen LogP contribution < -0.4 is 10.6 Å². The first-order valence-electron chi connectivity index (χ1n) is 7.31. The fourth-order valence-electron chi connectivity index (χ4n) is 2.43. The van der Waals surface area contributed by atoms with Crippen LogP contribution in [0.1, 0.15) is 29.7 Å². The van der Waals surface area contributed by atoms with Crippen LogP contribution in [0.2, 0.25) is 5.02 Å². The molecule has 0 aromatic heterocycles. The Bertz CT molecular complexity index is 650. The van der Waals surface area contributed by atoms with Gasteiger partial charge in [0.25, 0.3) is 0 Å². The van der Waals surface area contributed by atoms with Crippen LogP contribution in [-0.4, -0.2) is 12.5 Å². The molecule has 0 aliphatic carbocycles. The molecule has 0 spiro atoms. The number of rotatable bonds is 5. The number of hydrogen-bond donors (Lipinski definition) is 2. The van der Waals surface area contributed by atoms with Gasteiger partial charge in [-0.3, -0.25) is 4.79 Å². The smallest absolute Gasteiger partial charge is 0.238 e. The predicted octanol–water partition coefficient (Wildman–Crippen LogP) is 4.25. The van der Waals surface area contributed by atoms with Crippen molar-refractivity contribution in [3.63, 3.8) is 0 Å². The Labute approximate surface area is 136 Å². The molecule has 0 radical (unpaired) electrons. The van der Waals surface area contributed by atoms with Gasteiger partial charge in [-0.1, -0.05) is 35.9 Å². The topological polar surface area (TPSA) is 41.1 Å². The number of carbonyl (C=O) groups is 1. The van der Waals surface area contributed by atoms with Crippen LogP contribution >= 0.6 is 11.6 Å². The van der Waals surface area contributed by atoms with E-state index in [0.29, 0.717) is 5.02 Å². The first kappa shape index (κ1) is 16.5. The third kappa shape index (κ3) is 4.58. The number of anilines is 1. The molecule has 0 aliphatic rings. The zero-order chi connectivity index (χ0) is 16.1. The SMILES string of the molecule is Cc1cc(C)cc(NC(=O)CN[C@@H](C)c2ccccc2Cl)c1. The van der Waals surface area contributed by atoms with E-state index in [1.165, 1.54) is 0 Å². The molecule has 1 amide bonds. The van der Waals surface area contributed by atoms with E-state index in [1.807, 2.05) is 57.2 Å². The van der Waals surface area contributed by atoms with Crippen LogP contribution in [-0.2, 0) is 4.79 Å². The first-order chi connectivity index (χ1) is 10.5. The molecule has 2 rings (SSSR count). The second-order valence-electron chi connectivity index (χ2n) is 5.55. The van der Waals surface area contributed by atoms with Crippen LogP contribution in [0.5, 0.6) is 0 Å². The summed E-state index contributed by atoms with van der Waals surface area (Å²) in [7, 11) is 0. The van der Waals surface area contributed by atoms with E-state index in [9.17, 15) is 4.79 Å². The molecule has 0 saturated carbocycles. The lowest BCUT2D eigenvalue weighted by Crippen LogP contribution is -2.30. The highest BCUT2D eigenvalue weighted by Gasteiger charge is 2.10. The highest BCUT2D eigenvalue weighted by molar-refractivity contribution is 6.31. The Morgan fingerprint density at radius 2 is 1.77 bits per heavy atom. The first-order valence-corrected chi connectivity index (χ1v) is 7.69. The fourth-order valence-corrected chi connectivity index (χ4v) is 2.73. The normalized spacial score (nSPS) is 12.0. The fraction of sp³-hybridized carbons (Fsp3) is 0.278. The van der Waals surface area contributed by atoms with Crippen LogP contribution in [0.3, 0.4) is 0 Å². The number of hydrogen-bond acceptors (Lipinski definition) is 2. The summed E-state index contributed by atoms with van der Waals surface area (Å²) in [5.74, 6) is -0.0658. The lowest BCUT2D eigenvalue weighted by atomic mass is 10.1. The van der Waals surface area contributed by atoms with E-state index in [0.717, 1.165) is 22.4 Å². The van der Waals surface area contributed by atoms with Crippen molar-refractivity contribution >= 4 is 23.2 Å². The molecule has 0 bridgehead atoms. The lowest BCUT2D eigenvalue weighted by molar-refractivity contribution is -0.115. The number of benzene rings is 2. The Morgan fingerprint density at radius 1 is 1.14 bits per heavy atom. The third-order valence-electron chi connectivity index (χ3n) is 3.45. The standard InChI is InChI=1S/C18H21ClN2O/c1-12-8-13(2)10-15(9-12)21-18(22)11-20-14(3)16-6-4-5-7-17(16)19/h4-10,14,20H,11H2,1-3H3,(H,21,22)/t14-/m0/s1. The molecule has 2 aromatic carbocycles. The monoisotopic (exact) mass is 316 g/mol. The summed E-state index contributed by atoms with van der Waals surface area (Å²) in [5.41, 5.74) is 4.08. The summed E-state index contributed by atoms with van der Waals surface area (Å²) >= 11 is 6.16. The van der Waals surface area contributed by atoms with Crippen molar-refractivity contribution in [2.45, 2.75) is 26.8 Å². The molecular formula is C18H21ClN2O. The molecule has 0 saturated heterocycles. The maximum Gasteiger partial charge on any atom is 0.238 e. The highest BCUT2D eigenvalue weighted by atomic mass is 35.5. The van der Waals surface area contributed by atoms with Crippen LogP contribution in [0.25, 0.3) is 0 Å². The van der Waals surface area contributed by atoms with Gasteiger partial charge in [0.15, 0.2) is 0 Å². The maximum absolute atomic E-state index is 12.0. The minimum absolute atomic E-state index is 0.0127. The molecule has 3 nitrogen and oxygen atoms in total. The lowest BCUT2D eigenvalue weighted by Gasteiger charge is -2.15. The molecule has 1 atom stereocenters.